The number of hydrogen-bond donors (Lipinski definition) is 1. The van der Waals surface area contributed by atoms with Gasteiger partial charge in [-0.15, -0.1) is 0 Å². The molecule has 1 N–H and O–H groups in total. The second kappa shape index (κ2) is 5.53. The Labute approximate surface area is 109 Å². The highest BCUT2D eigenvalue weighted by Crippen LogP contribution is 2.35. The quantitative estimate of drug-likeness (QED) is 0.832. The number of piperidine rings is 1. The van der Waals surface area contributed by atoms with Gasteiger partial charge in [-0.25, -0.2) is 0 Å². The van der Waals surface area contributed by atoms with Crippen molar-refractivity contribution in [3.05, 3.63) is 35.4 Å². The Morgan fingerprint density at radius 1 is 1.28 bits per heavy atom. The van der Waals surface area contributed by atoms with E-state index in [2.05, 4.69) is 36.5 Å². The second-order valence-electron chi connectivity index (χ2n) is 4.92. The minimum atomic E-state index is -0.449. The predicted octanol–water partition coefficient (Wildman–Crippen LogP) is 2.18. The Hall–Kier alpha value is -1.35. The molecule has 1 aromatic carbocycles. The third kappa shape index (κ3) is 2.41. The summed E-state index contributed by atoms with van der Waals surface area (Å²) in [5.74, 6) is -0.0737. The number of benzene rings is 1. The van der Waals surface area contributed by atoms with Gasteiger partial charge in [0, 0.05) is 0 Å². The smallest absolute Gasteiger partial charge is 0.316 e. The van der Waals surface area contributed by atoms with E-state index in [0.717, 1.165) is 31.5 Å². The summed E-state index contributed by atoms with van der Waals surface area (Å²) in [6.45, 7) is 6.10. The van der Waals surface area contributed by atoms with Crippen molar-refractivity contribution in [1.29, 1.82) is 0 Å². The van der Waals surface area contributed by atoms with Crippen LogP contribution in [0, 0.1) is 6.92 Å². The standard InChI is InChI=1S/C15H21NO2/c1-3-18-14(17)15(8-10-16-11-9-15)13-6-4-12(2)5-7-13/h4-7,16H,3,8-11H2,1-2H3. The largest absolute Gasteiger partial charge is 0.465 e. The van der Waals surface area contributed by atoms with E-state index in [1.807, 2.05) is 6.92 Å². The maximum absolute atomic E-state index is 12.4. The highest BCUT2D eigenvalue weighted by molar-refractivity contribution is 5.83. The Balaban J connectivity index is 2.34. The highest BCUT2D eigenvalue weighted by atomic mass is 16.5. The zero-order valence-electron chi connectivity index (χ0n) is 11.2. The van der Waals surface area contributed by atoms with Crippen LogP contribution in [0.4, 0.5) is 0 Å². The molecule has 1 aliphatic heterocycles. The minimum absolute atomic E-state index is 0.0737. The number of nitrogens with one attached hydrogen (secondary N) is 1. The number of carbonyl (C=O) groups excluding carboxylic acids is 1. The zero-order valence-corrected chi connectivity index (χ0v) is 11.2. The predicted molar refractivity (Wildman–Crippen MR) is 71.6 cm³/mol. The molecule has 0 saturated carbocycles. The van der Waals surface area contributed by atoms with Crippen LogP contribution in [0.1, 0.15) is 30.9 Å². The summed E-state index contributed by atoms with van der Waals surface area (Å²) in [7, 11) is 0. The number of carbonyl (C=O) groups is 1. The topological polar surface area (TPSA) is 38.3 Å². The van der Waals surface area contributed by atoms with Gasteiger partial charge in [-0.05, 0) is 45.3 Å². The lowest BCUT2D eigenvalue weighted by atomic mass is 9.73. The fourth-order valence-electron chi connectivity index (χ4n) is 2.61. The molecule has 0 spiro atoms. The summed E-state index contributed by atoms with van der Waals surface area (Å²) in [5, 5.41) is 3.31. The molecule has 3 heteroatoms. The van der Waals surface area contributed by atoms with E-state index in [-0.39, 0.29) is 5.97 Å². The third-order valence-corrected chi connectivity index (χ3v) is 3.73. The zero-order chi connectivity index (χ0) is 13.0. The molecule has 0 radical (unpaired) electrons. The Kier molecular flexibility index (Phi) is 4.02. The first-order chi connectivity index (χ1) is 8.69. The molecular formula is C15H21NO2. The van der Waals surface area contributed by atoms with Gasteiger partial charge in [-0.1, -0.05) is 29.8 Å². The van der Waals surface area contributed by atoms with E-state index in [1.54, 1.807) is 0 Å². The van der Waals surface area contributed by atoms with Gasteiger partial charge in [-0.2, -0.15) is 0 Å². The van der Waals surface area contributed by atoms with Gasteiger partial charge in [0.1, 0.15) is 0 Å². The first kappa shape index (κ1) is 13.1. The molecule has 1 aliphatic rings. The molecule has 1 saturated heterocycles. The molecule has 0 amide bonds. The summed E-state index contributed by atoms with van der Waals surface area (Å²) < 4.78 is 5.30. The molecular weight excluding hydrogens is 226 g/mol. The van der Waals surface area contributed by atoms with E-state index in [1.165, 1.54) is 5.56 Å². The minimum Gasteiger partial charge on any atom is -0.465 e. The fraction of sp³-hybridized carbons (Fsp3) is 0.533. The van der Waals surface area contributed by atoms with Crippen LogP contribution in [0.2, 0.25) is 0 Å². The fourth-order valence-corrected chi connectivity index (χ4v) is 2.61. The van der Waals surface area contributed by atoms with Crippen molar-refractivity contribution < 1.29 is 9.53 Å². The van der Waals surface area contributed by atoms with E-state index >= 15 is 0 Å². The third-order valence-electron chi connectivity index (χ3n) is 3.73. The van der Waals surface area contributed by atoms with Crippen molar-refractivity contribution in [2.24, 2.45) is 0 Å². The average molecular weight is 247 g/mol. The van der Waals surface area contributed by atoms with Crippen molar-refractivity contribution in [2.45, 2.75) is 32.1 Å². The van der Waals surface area contributed by atoms with E-state index < -0.39 is 5.41 Å². The van der Waals surface area contributed by atoms with Crippen LogP contribution in [0.15, 0.2) is 24.3 Å². The van der Waals surface area contributed by atoms with Gasteiger partial charge in [0.25, 0.3) is 0 Å². The van der Waals surface area contributed by atoms with Crippen LogP contribution in [0.5, 0.6) is 0 Å². The van der Waals surface area contributed by atoms with Gasteiger partial charge < -0.3 is 10.1 Å². The monoisotopic (exact) mass is 247 g/mol. The molecule has 2 rings (SSSR count). The first-order valence-electron chi connectivity index (χ1n) is 6.64. The SMILES string of the molecule is CCOC(=O)C1(c2ccc(C)cc2)CCNCC1. The van der Waals surface area contributed by atoms with E-state index in [9.17, 15) is 4.79 Å². The maximum Gasteiger partial charge on any atom is 0.316 e. The van der Waals surface area contributed by atoms with Crippen molar-refractivity contribution in [1.82, 2.24) is 5.32 Å². The lowest BCUT2D eigenvalue weighted by Gasteiger charge is -2.35. The molecule has 1 heterocycles. The molecule has 0 aromatic heterocycles. The molecule has 0 bridgehead atoms. The lowest BCUT2D eigenvalue weighted by Crippen LogP contribution is -2.46. The van der Waals surface area contributed by atoms with Gasteiger partial charge in [-0.3, -0.25) is 4.79 Å². The van der Waals surface area contributed by atoms with Gasteiger partial charge in [0.2, 0.25) is 0 Å². The van der Waals surface area contributed by atoms with Crippen molar-refractivity contribution in [3.8, 4) is 0 Å². The summed E-state index contributed by atoms with van der Waals surface area (Å²) >= 11 is 0. The van der Waals surface area contributed by atoms with E-state index in [4.69, 9.17) is 4.74 Å². The Morgan fingerprint density at radius 2 is 1.89 bits per heavy atom. The number of hydrogen-bond acceptors (Lipinski definition) is 3. The Bertz CT molecular complexity index is 405. The molecule has 0 aliphatic carbocycles. The molecule has 0 unspecified atom stereocenters. The highest BCUT2D eigenvalue weighted by Gasteiger charge is 2.42. The van der Waals surface area contributed by atoms with Gasteiger partial charge in [0.05, 0.1) is 12.0 Å². The van der Waals surface area contributed by atoms with Gasteiger partial charge in [0.15, 0.2) is 0 Å². The lowest BCUT2D eigenvalue weighted by molar-refractivity contribution is -0.151. The van der Waals surface area contributed by atoms with Crippen LogP contribution in [0.25, 0.3) is 0 Å². The molecule has 98 valence electrons. The molecule has 1 fully saturated rings. The summed E-state index contributed by atoms with van der Waals surface area (Å²) in [5.41, 5.74) is 1.86. The number of ether oxygens (including phenoxy) is 1. The van der Waals surface area contributed by atoms with Crippen LogP contribution in [-0.4, -0.2) is 25.7 Å². The normalized spacial score (nSPS) is 18.3. The maximum atomic E-state index is 12.4. The van der Waals surface area contributed by atoms with Crippen LogP contribution in [-0.2, 0) is 14.9 Å². The van der Waals surface area contributed by atoms with E-state index in [0.29, 0.717) is 6.61 Å². The summed E-state index contributed by atoms with van der Waals surface area (Å²) in [4.78, 5) is 12.4. The van der Waals surface area contributed by atoms with Crippen molar-refractivity contribution in [2.75, 3.05) is 19.7 Å². The molecule has 18 heavy (non-hydrogen) atoms. The Morgan fingerprint density at radius 3 is 2.44 bits per heavy atom. The first-order valence-corrected chi connectivity index (χ1v) is 6.64. The van der Waals surface area contributed by atoms with Crippen LogP contribution >= 0.6 is 0 Å². The number of aryl methyl sites for hydroxylation is 1. The number of rotatable bonds is 3. The van der Waals surface area contributed by atoms with Gasteiger partial charge >= 0.3 is 5.97 Å². The van der Waals surface area contributed by atoms with Crippen molar-refractivity contribution >= 4 is 5.97 Å². The van der Waals surface area contributed by atoms with Crippen LogP contribution in [0.3, 0.4) is 0 Å². The number of esters is 1. The molecule has 0 atom stereocenters. The average Bonchev–Trinajstić information content (AvgIpc) is 2.40. The summed E-state index contributed by atoms with van der Waals surface area (Å²) in [6.07, 6.45) is 1.63. The summed E-state index contributed by atoms with van der Waals surface area (Å²) in [6, 6.07) is 8.27. The van der Waals surface area contributed by atoms with Crippen LogP contribution < -0.4 is 5.32 Å². The van der Waals surface area contributed by atoms with Crippen molar-refractivity contribution in [3.63, 3.8) is 0 Å². The second-order valence-corrected chi connectivity index (χ2v) is 4.92. The molecule has 1 aromatic rings. The molecule has 3 nitrogen and oxygen atoms in total.